The van der Waals surface area contributed by atoms with Crippen LogP contribution < -0.4 is 0 Å². The van der Waals surface area contributed by atoms with Gasteiger partial charge in [-0.05, 0) is 141 Å². The zero-order chi connectivity index (χ0) is 42.5. The molecule has 6 bridgehead atoms. The van der Waals surface area contributed by atoms with E-state index in [-0.39, 0.29) is 46.6 Å². The second-order valence-electron chi connectivity index (χ2n) is 22.8. The number of carbonyl (C=O) groups excluding carboxylic acids is 1. The summed E-state index contributed by atoms with van der Waals surface area (Å²) in [6.07, 6.45) is 19.9. The van der Waals surface area contributed by atoms with Crippen LogP contribution in [0.3, 0.4) is 0 Å². The van der Waals surface area contributed by atoms with Crippen LogP contribution in [0.5, 0.6) is 0 Å². The summed E-state index contributed by atoms with van der Waals surface area (Å²) < 4.78 is 6.13. The topological polar surface area (TPSA) is 90.2 Å². The van der Waals surface area contributed by atoms with Crippen LogP contribution in [0.2, 0.25) is 0 Å². The van der Waals surface area contributed by atoms with Gasteiger partial charge in [-0.25, -0.2) is 0 Å². The fourth-order valence-electron chi connectivity index (χ4n) is 16.9. The van der Waals surface area contributed by atoms with Crippen molar-refractivity contribution < 1.29 is 24.9 Å². The molecular weight excluding hydrogens is 767 g/mol. The lowest BCUT2D eigenvalue weighted by atomic mass is 9.32. The molecule has 7 saturated carbocycles. The van der Waals surface area contributed by atoms with Gasteiger partial charge in [0.2, 0.25) is 0 Å². The molecule has 13 rings (SSSR count). The van der Waals surface area contributed by atoms with Gasteiger partial charge in [0, 0.05) is 47.0 Å². The van der Waals surface area contributed by atoms with Gasteiger partial charge in [0.1, 0.15) is 0 Å². The van der Waals surface area contributed by atoms with Crippen LogP contribution in [-0.2, 0) is 11.3 Å². The highest BCUT2D eigenvalue weighted by Crippen LogP contribution is 2.78. The van der Waals surface area contributed by atoms with Gasteiger partial charge in [-0.15, -0.1) is 0 Å². The Morgan fingerprint density at radius 2 is 1.35 bits per heavy atom. The minimum Gasteiger partial charge on any atom is -0.393 e. The van der Waals surface area contributed by atoms with Crippen LogP contribution in [-0.4, -0.2) is 70.1 Å². The van der Waals surface area contributed by atoms with E-state index in [1.54, 1.807) is 0 Å². The first-order chi connectivity index (χ1) is 29.8. The summed E-state index contributed by atoms with van der Waals surface area (Å²) in [5.41, 5.74) is 2.80. The molecule has 2 spiro atoms. The van der Waals surface area contributed by atoms with E-state index in [1.165, 1.54) is 38.5 Å². The normalized spacial score (nSPS) is 41.4. The number of fused-ring (bicyclic) bond motifs is 1. The number of hydrogen-bond acceptors (Lipinski definition) is 6. The van der Waals surface area contributed by atoms with Gasteiger partial charge >= 0.3 is 0 Å². The standard InChI is InChI=1S/C56H69NO5/c1-51-20-17-45(58)31-54(51)23-24-56(47(32-54)50(60)44-15-13-43(14-16-44)42-11-7-4-8-12-42)48(51)18-21-52(2)49(56)19-22-55(52,61)37-57(33-46(59)35-62-34-38-9-5-3-6-10-38)36-53-28-39-25-40(29-53)27-41(26-39)30-53/h3-16,23-24,32,39-41,45-46,48-49,58-59,61H,17-22,25-31,33-37H2,1-2H3. The maximum atomic E-state index is 15.4. The molecule has 3 N–H and O–H groups in total. The molecule has 62 heavy (non-hydrogen) atoms. The minimum atomic E-state index is -0.987. The van der Waals surface area contributed by atoms with Crippen molar-refractivity contribution in [2.24, 2.45) is 56.7 Å². The monoisotopic (exact) mass is 836 g/mol. The lowest BCUT2D eigenvalue weighted by Gasteiger charge is -2.71. The molecule has 3 aromatic carbocycles. The van der Waals surface area contributed by atoms with Crippen molar-refractivity contribution >= 4 is 5.78 Å². The Morgan fingerprint density at radius 1 is 0.742 bits per heavy atom. The second-order valence-corrected chi connectivity index (χ2v) is 22.8. The summed E-state index contributed by atoms with van der Waals surface area (Å²) in [5, 5.41) is 36.5. The summed E-state index contributed by atoms with van der Waals surface area (Å²) in [6.45, 7) is 7.51. The first-order valence-electron chi connectivity index (χ1n) is 24.4. The van der Waals surface area contributed by atoms with Gasteiger partial charge in [-0.1, -0.05) is 117 Å². The molecule has 3 aromatic rings. The van der Waals surface area contributed by atoms with Gasteiger partial charge in [0.25, 0.3) is 0 Å². The number of ketones is 1. The second kappa shape index (κ2) is 15.1. The molecule has 9 unspecified atom stereocenters. The van der Waals surface area contributed by atoms with E-state index in [0.29, 0.717) is 38.1 Å². The van der Waals surface area contributed by atoms with Crippen molar-refractivity contribution in [3.8, 4) is 11.1 Å². The number of hydrogen-bond donors (Lipinski definition) is 3. The molecule has 6 heteroatoms. The molecule has 0 saturated heterocycles. The highest BCUT2D eigenvalue weighted by Gasteiger charge is 2.74. The van der Waals surface area contributed by atoms with Gasteiger partial charge in [-0.3, -0.25) is 9.69 Å². The van der Waals surface area contributed by atoms with E-state index in [9.17, 15) is 15.3 Å². The van der Waals surface area contributed by atoms with E-state index in [2.05, 4.69) is 73.4 Å². The molecule has 0 heterocycles. The maximum absolute atomic E-state index is 15.4. The van der Waals surface area contributed by atoms with Gasteiger partial charge in [0.05, 0.1) is 31.0 Å². The average molecular weight is 836 g/mol. The van der Waals surface area contributed by atoms with E-state index in [4.69, 9.17) is 4.74 Å². The van der Waals surface area contributed by atoms with Crippen LogP contribution >= 0.6 is 0 Å². The molecule has 328 valence electrons. The number of Topliss-reactive ketones (excluding diaryl/α,β-unsaturated/α-hetero) is 1. The van der Waals surface area contributed by atoms with E-state index in [1.807, 2.05) is 48.5 Å². The van der Waals surface area contributed by atoms with Crippen molar-refractivity contribution in [3.05, 3.63) is 120 Å². The highest BCUT2D eigenvalue weighted by molar-refractivity contribution is 6.10. The molecular formula is C56H69NO5. The van der Waals surface area contributed by atoms with Gasteiger partial charge in [0.15, 0.2) is 5.78 Å². The largest absolute Gasteiger partial charge is 0.393 e. The van der Waals surface area contributed by atoms with Crippen molar-refractivity contribution in [1.29, 1.82) is 0 Å². The predicted octanol–water partition coefficient (Wildman–Crippen LogP) is 10.2. The summed E-state index contributed by atoms with van der Waals surface area (Å²) in [6, 6.07) is 28.7. The molecule has 0 amide bonds. The molecule has 10 aliphatic rings. The lowest BCUT2D eigenvalue weighted by Crippen LogP contribution is -2.67. The van der Waals surface area contributed by atoms with Crippen molar-refractivity contribution in [1.82, 2.24) is 4.90 Å². The number of nitrogens with zero attached hydrogens (tertiary/aromatic N) is 1. The summed E-state index contributed by atoms with van der Waals surface area (Å²) >= 11 is 0. The minimum absolute atomic E-state index is 0.0799. The number of rotatable bonds is 13. The van der Waals surface area contributed by atoms with Crippen molar-refractivity contribution in [2.75, 3.05) is 26.2 Å². The SMILES string of the molecule is CC12CCC(O)CC13C=CC1(C(C(=O)c4ccc(-c5ccccc5)cc4)=C3)C2CCC2(C)C1CCC2(O)CN(CC(O)COCc1ccccc1)CC12CC3CC(CC(C3)C1)C2. The van der Waals surface area contributed by atoms with E-state index in [0.717, 1.165) is 78.7 Å². The smallest absolute Gasteiger partial charge is 0.189 e. The molecule has 0 aromatic heterocycles. The summed E-state index contributed by atoms with van der Waals surface area (Å²) in [4.78, 5) is 17.8. The Balaban J connectivity index is 0.918. The lowest BCUT2D eigenvalue weighted by molar-refractivity contribution is -0.179. The van der Waals surface area contributed by atoms with Crippen molar-refractivity contribution in [3.63, 3.8) is 0 Å². The number of ether oxygens (including phenoxy) is 1. The predicted molar refractivity (Wildman–Crippen MR) is 244 cm³/mol. The van der Waals surface area contributed by atoms with E-state index >= 15 is 4.79 Å². The number of carbonyl (C=O) groups is 1. The Bertz CT molecular complexity index is 2180. The third-order valence-corrected chi connectivity index (χ3v) is 19.3. The first-order valence-corrected chi connectivity index (χ1v) is 24.4. The van der Waals surface area contributed by atoms with Gasteiger partial charge in [-0.2, -0.15) is 0 Å². The van der Waals surface area contributed by atoms with Crippen LogP contribution in [0.1, 0.15) is 113 Å². The van der Waals surface area contributed by atoms with Crippen LogP contribution in [0.15, 0.2) is 109 Å². The third-order valence-electron chi connectivity index (χ3n) is 19.3. The summed E-state index contributed by atoms with van der Waals surface area (Å²) in [7, 11) is 0. The Labute approximate surface area is 369 Å². The Morgan fingerprint density at radius 3 is 2.05 bits per heavy atom. The molecule has 9 atom stereocenters. The molecule has 0 radical (unpaired) electrons. The Kier molecular flexibility index (Phi) is 10.1. The first kappa shape index (κ1) is 41.3. The number of allylic oxidation sites excluding steroid dienone is 4. The Hall–Kier alpha value is -3.39. The zero-order valence-electron chi connectivity index (χ0n) is 37.2. The number of benzene rings is 3. The molecule has 7 fully saturated rings. The summed E-state index contributed by atoms with van der Waals surface area (Å²) in [5.74, 6) is 2.89. The fraction of sp³-hybridized carbons (Fsp3) is 0.589. The highest BCUT2D eigenvalue weighted by atomic mass is 16.5. The van der Waals surface area contributed by atoms with Crippen molar-refractivity contribution in [2.45, 2.75) is 122 Å². The maximum Gasteiger partial charge on any atom is 0.189 e. The van der Waals surface area contributed by atoms with Gasteiger partial charge < -0.3 is 20.1 Å². The quantitative estimate of drug-likeness (QED) is 0.117. The van der Waals surface area contributed by atoms with Crippen LogP contribution in [0, 0.1) is 56.7 Å². The number of aliphatic hydroxyl groups is 3. The molecule has 0 aliphatic heterocycles. The van der Waals surface area contributed by atoms with Crippen LogP contribution in [0.4, 0.5) is 0 Å². The third kappa shape index (κ3) is 6.46. The van der Waals surface area contributed by atoms with Crippen LogP contribution in [0.25, 0.3) is 11.1 Å². The molecule has 6 nitrogen and oxygen atoms in total. The zero-order valence-corrected chi connectivity index (χ0v) is 37.2. The molecule has 10 aliphatic carbocycles. The van der Waals surface area contributed by atoms with E-state index < -0.39 is 22.5 Å². The fourth-order valence-corrected chi connectivity index (χ4v) is 16.9. The average Bonchev–Trinajstić information content (AvgIpc) is 3.52. The number of aliphatic hydroxyl groups excluding tert-OH is 2.